The third-order valence-corrected chi connectivity index (χ3v) is 4.78. The molecule has 0 saturated carbocycles. The maximum Gasteiger partial charge on any atom is 0.253 e. The molecule has 0 bridgehead atoms. The Kier molecular flexibility index (Phi) is 5.39. The molecule has 0 spiro atoms. The molecule has 7 heteroatoms. The summed E-state index contributed by atoms with van der Waals surface area (Å²) in [5, 5.41) is 0. The lowest BCUT2D eigenvalue weighted by atomic mass is 9.96. The van der Waals surface area contributed by atoms with E-state index in [0.717, 1.165) is 29.8 Å². The number of carbonyl (C=O) groups excluding carboxylic acids is 2. The molecule has 1 aromatic carbocycles. The van der Waals surface area contributed by atoms with E-state index in [-0.39, 0.29) is 17.7 Å². The standard InChI is InChI=1S/C20H25N5O2/c1-13-11-17(23-20(22-13)24(2)3)14-6-8-15(9-7-14)19(27)25-10-4-5-16(12-25)18(21)26/h6-9,11,16H,4-5,10,12H2,1-3H3,(H2,21,26)/t16-/m0/s1. The van der Waals surface area contributed by atoms with Crippen LogP contribution in [-0.4, -0.2) is 53.9 Å². The van der Waals surface area contributed by atoms with Crippen molar-refractivity contribution in [2.75, 3.05) is 32.1 Å². The molecule has 1 saturated heterocycles. The molecule has 7 nitrogen and oxygen atoms in total. The third kappa shape index (κ3) is 4.24. The van der Waals surface area contributed by atoms with Gasteiger partial charge < -0.3 is 15.5 Å². The van der Waals surface area contributed by atoms with Crippen molar-refractivity contribution in [3.05, 3.63) is 41.6 Å². The van der Waals surface area contributed by atoms with Gasteiger partial charge in [0.1, 0.15) is 0 Å². The highest BCUT2D eigenvalue weighted by molar-refractivity contribution is 5.95. The molecule has 2 heterocycles. The molecule has 1 atom stereocenters. The summed E-state index contributed by atoms with van der Waals surface area (Å²) in [6.07, 6.45) is 1.55. The second kappa shape index (κ2) is 7.73. The minimum atomic E-state index is -0.335. The molecular weight excluding hydrogens is 342 g/mol. The molecule has 27 heavy (non-hydrogen) atoms. The minimum Gasteiger partial charge on any atom is -0.369 e. The van der Waals surface area contributed by atoms with Crippen molar-refractivity contribution in [1.29, 1.82) is 0 Å². The Morgan fingerprint density at radius 1 is 1.19 bits per heavy atom. The molecule has 2 N–H and O–H groups in total. The monoisotopic (exact) mass is 367 g/mol. The number of primary amides is 1. The molecule has 1 aliphatic rings. The van der Waals surface area contributed by atoms with E-state index in [1.54, 1.807) is 17.0 Å². The van der Waals surface area contributed by atoms with Gasteiger partial charge in [-0.3, -0.25) is 9.59 Å². The number of aryl methyl sites for hydroxylation is 1. The van der Waals surface area contributed by atoms with Crippen molar-refractivity contribution in [3.63, 3.8) is 0 Å². The van der Waals surface area contributed by atoms with E-state index in [0.29, 0.717) is 24.6 Å². The molecule has 0 radical (unpaired) electrons. The van der Waals surface area contributed by atoms with Crippen molar-refractivity contribution in [2.24, 2.45) is 11.7 Å². The number of likely N-dealkylation sites (tertiary alicyclic amines) is 1. The van der Waals surface area contributed by atoms with Crippen molar-refractivity contribution >= 4 is 17.8 Å². The van der Waals surface area contributed by atoms with E-state index in [1.807, 2.05) is 44.1 Å². The van der Waals surface area contributed by atoms with Gasteiger partial charge in [0.05, 0.1) is 11.6 Å². The Morgan fingerprint density at radius 2 is 1.89 bits per heavy atom. The van der Waals surface area contributed by atoms with E-state index in [2.05, 4.69) is 9.97 Å². The first-order valence-corrected chi connectivity index (χ1v) is 9.07. The highest BCUT2D eigenvalue weighted by Gasteiger charge is 2.27. The first-order chi connectivity index (χ1) is 12.8. The van der Waals surface area contributed by atoms with Gasteiger partial charge in [-0.1, -0.05) is 12.1 Å². The van der Waals surface area contributed by atoms with Crippen LogP contribution in [-0.2, 0) is 4.79 Å². The summed E-state index contributed by atoms with van der Waals surface area (Å²) in [5.41, 5.74) is 8.63. The van der Waals surface area contributed by atoms with Gasteiger partial charge in [0, 0.05) is 44.0 Å². The molecule has 2 aromatic rings. The Bertz CT molecular complexity index is 848. The lowest BCUT2D eigenvalue weighted by Gasteiger charge is -2.31. The Hall–Kier alpha value is -2.96. The molecule has 142 valence electrons. The van der Waals surface area contributed by atoms with Crippen LogP contribution in [0, 0.1) is 12.8 Å². The number of hydrogen-bond acceptors (Lipinski definition) is 5. The number of piperidine rings is 1. The highest BCUT2D eigenvalue weighted by atomic mass is 16.2. The summed E-state index contributed by atoms with van der Waals surface area (Å²) in [6.45, 7) is 2.98. The maximum absolute atomic E-state index is 12.8. The van der Waals surface area contributed by atoms with Gasteiger partial charge in [-0.2, -0.15) is 0 Å². The fourth-order valence-corrected chi connectivity index (χ4v) is 3.26. The van der Waals surface area contributed by atoms with Crippen LogP contribution in [0.1, 0.15) is 28.9 Å². The van der Waals surface area contributed by atoms with Crippen LogP contribution in [0.2, 0.25) is 0 Å². The Labute approximate surface area is 159 Å². The summed E-state index contributed by atoms with van der Waals surface area (Å²) < 4.78 is 0. The second-order valence-electron chi connectivity index (χ2n) is 7.16. The predicted octanol–water partition coefficient (Wildman–Crippen LogP) is 1.86. The number of aromatic nitrogens is 2. The molecule has 1 aliphatic heterocycles. The maximum atomic E-state index is 12.8. The number of nitrogens with two attached hydrogens (primary N) is 1. The number of anilines is 1. The van der Waals surface area contributed by atoms with Gasteiger partial charge in [0.2, 0.25) is 11.9 Å². The molecule has 0 unspecified atom stereocenters. The van der Waals surface area contributed by atoms with Crippen LogP contribution in [0.3, 0.4) is 0 Å². The fourth-order valence-electron chi connectivity index (χ4n) is 3.26. The number of nitrogens with zero attached hydrogens (tertiary/aromatic N) is 4. The van der Waals surface area contributed by atoms with E-state index in [1.165, 1.54) is 0 Å². The summed E-state index contributed by atoms with van der Waals surface area (Å²) in [7, 11) is 3.80. The van der Waals surface area contributed by atoms with Gasteiger partial charge >= 0.3 is 0 Å². The number of rotatable bonds is 4. The SMILES string of the molecule is Cc1cc(-c2ccc(C(=O)N3CCC[C@H](C(N)=O)C3)cc2)nc(N(C)C)n1. The van der Waals surface area contributed by atoms with Crippen LogP contribution >= 0.6 is 0 Å². The van der Waals surface area contributed by atoms with Crippen LogP contribution < -0.4 is 10.6 Å². The first kappa shape index (κ1) is 18.8. The van der Waals surface area contributed by atoms with E-state index in [9.17, 15) is 9.59 Å². The zero-order chi connectivity index (χ0) is 19.6. The number of hydrogen-bond donors (Lipinski definition) is 1. The number of amides is 2. The van der Waals surface area contributed by atoms with Gasteiger partial charge in [0.25, 0.3) is 5.91 Å². The molecular formula is C20H25N5O2. The zero-order valence-corrected chi connectivity index (χ0v) is 16.0. The summed E-state index contributed by atoms with van der Waals surface area (Å²) in [5.74, 6) is -0.00888. The van der Waals surface area contributed by atoms with Gasteiger partial charge in [-0.25, -0.2) is 9.97 Å². The van der Waals surface area contributed by atoms with Crippen molar-refractivity contribution in [2.45, 2.75) is 19.8 Å². The van der Waals surface area contributed by atoms with Gasteiger partial charge in [-0.15, -0.1) is 0 Å². The van der Waals surface area contributed by atoms with Gasteiger partial charge in [0.15, 0.2) is 0 Å². The van der Waals surface area contributed by atoms with E-state index < -0.39 is 0 Å². The minimum absolute atomic E-state index is 0.0691. The average Bonchev–Trinajstić information content (AvgIpc) is 2.67. The van der Waals surface area contributed by atoms with Crippen molar-refractivity contribution in [3.8, 4) is 11.3 Å². The molecule has 2 amide bonds. The summed E-state index contributed by atoms with van der Waals surface area (Å²) in [6, 6.07) is 9.32. The largest absolute Gasteiger partial charge is 0.369 e. The first-order valence-electron chi connectivity index (χ1n) is 9.07. The predicted molar refractivity (Wildman–Crippen MR) is 104 cm³/mol. The number of benzene rings is 1. The second-order valence-corrected chi connectivity index (χ2v) is 7.16. The molecule has 1 fully saturated rings. The van der Waals surface area contributed by atoms with Crippen molar-refractivity contribution < 1.29 is 9.59 Å². The summed E-state index contributed by atoms with van der Waals surface area (Å²) in [4.78, 5) is 36.7. The van der Waals surface area contributed by atoms with Crippen LogP contribution in [0.5, 0.6) is 0 Å². The zero-order valence-electron chi connectivity index (χ0n) is 16.0. The van der Waals surface area contributed by atoms with E-state index >= 15 is 0 Å². The quantitative estimate of drug-likeness (QED) is 0.890. The molecule has 0 aliphatic carbocycles. The van der Waals surface area contributed by atoms with Crippen molar-refractivity contribution in [1.82, 2.24) is 14.9 Å². The average molecular weight is 367 g/mol. The van der Waals surface area contributed by atoms with E-state index in [4.69, 9.17) is 5.73 Å². The molecule has 3 rings (SSSR count). The summed E-state index contributed by atoms with van der Waals surface area (Å²) >= 11 is 0. The third-order valence-electron chi connectivity index (χ3n) is 4.78. The smallest absolute Gasteiger partial charge is 0.253 e. The number of carbonyl (C=O) groups is 2. The van der Waals surface area contributed by atoms with Crippen LogP contribution in [0.4, 0.5) is 5.95 Å². The topological polar surface area (TPSA) is 92.4 Å². The highest BCUT2D eigenvalue weighted by Crippen LogP contribution is 2.23. The van der Waals surface area contributed by atoms with Crippen LogP contribution in [0.25, 0.3) is 11.3 Å². The van der Waals surface area contributed by atoms with Gasteiger partial charge in [-0.05, 0) is 38.0 Å². The Morgan fingerprint density at radius 3 is 2.52 bits per heavy atom. The normalized spacial score (nSPS) is 16.9. The Balaban J connectivity index is 1.79. The lowest BCUT2D eigenvalue weighted by Crippen LogP contribution is -2.44. The molecule has 1 aromatic heterocycles. The fraction of sp³-hybridized carbons (Fsp3) is 0.400. The lowest BCUT2D eigenvalue weighted by molar-refractivity contribution is -0.123. The van der Waals surface area contributed by atoms with Crippen LogP contribution in [0.15, 0.2) is 30.3 Å².